The summed E-state index contributed by atoms with van der Waals surface area (Å²) in [4.78, 5) is 32.9. The van der Waals surface area contributed by atoms with Gasteiger partial charge in [-0.25, -0.2) is 9.18 Å². The lowest BCUT2D eigenvalue weighted by Crippen LogP contribution is -2.38. The fourth-order valence-electron chi connectivity index (χ4n) is 1.47. The van der Waals surface area contributed by atoms with E-state index in [1.54, 1.807) is 0 Å². The van der Waals surface area contributed by atoms with Gasteiger partial charge in [-0.05, 0) is 0 Å². The molecule has 0 spiro atoms. The highest BCUT2D eigenvalue weighted by atomic mass is 35.5. The number of benzene rings is 1. The van der Waals surface area contributed by atoms with Crippen molar-refractivity contribution in [2.75, 3.05) is 0 Å². The Labute approximate surface area is 114 Å². The van der Waals surface area contributed by atoms with Crippen molar-refractivity contribution in [1.82, 2.24) is 14.3 Å². The molecule has 0 fully saturated rings. The summed E-state index contributed by atoms with van der Waals surface area (Å²) in [5.41, 5.74) is -2.67. The first-order valence-corrected chi connectivity index (χ1v) is 5.50. The molecule has 2 aromatic rings. The minimum absolute atomic E-state index is 0.408. The first-order chi connectivity index (χ1) is 9.32. The number of aromatic nitrogens is 3. The maximum absolute atomic E-state index is 13.8. The smallest absolute Gasteiger partial charge is 0.267 e. The molecule has 0 bridgehead atoms. The van der Waals surface area contributed by atoms with Crippen LogP contribution in [0.2, 0.25) is 5.02 Å². The van der Waals surface area contributed by atoms with Crippen LogP contribution >= 0.6 is 11.6 Å². The predicted octanol–water partition coefficient (Wildman–Crippen LogP) is 0.632. The standard InChI is InChI=1S/C10H6ClFN4O4/c1-14-9(17)4-13-15(10(14)18)8-3-7(16(19)20)5(11)2-6(8)12/h2-4H,1H3. The van der Waals surface area contributed by atoms with Crippen LogP contribution in [0.1, 0.15) is 0 Å². The van der Waals surface area contributed by atoms with E-state index in [4.69, 9.17) is 11.6 Å². The zero-order valence-corrected chi connectivity index (χ0v) is 10.7. The molecule has 20 heavy (non-hydrogen) atoms. The molecule has 1 heterocycles. The van der Waals surface area contributed by atoms with Gasteiger partial charge in [-0.2, -0.15) is 9.78 Å². The summed E-state index contributed by atoms with van der Waals surface area (Å²) in [6.07, 6.45) is 0.793. The van der Waals surface area contributed by atoms with Crippen molar-refractivity contribution in [1.29, 1.82) is 0 Å². The van der Waals surface area contributed by atoms with Gasteiger partial charge in [-0.3, -0.25) is 19.5 Å². The maximum Gasteiger partial charge on any atom is 0.352 e. The molecule has 0 saturated heterocycles. The van der Waals surface area contributed by atoms with Gasteiger partial charge in [0.15, 0.2) is 5.82 Å². The van der Waals surface area contributed by atoms with E-state index in [0.717, 1.165) is 12.3 Å². The Balaban J connectivity index is 2.80. The molecule has 10 heteroatoms. The van der Waals surface area contributed by atoms with Gasteiger partial charge in [0.2, 0.25) is 0 Å². The molecule has 0 atom stereocenters. The molecule has 0 aliphatic carbocycles. The van der Waals surface area contributed by atoms with E-state index in [-0.39, 0.29) is 0 Å². The van der Waals surface area contributed by atoms with Gasteiger partial charge in [0.05, 0.1) is 4.92 Å². The summed E-state index contributed by atoms with van der Waals surface area (Å²) in [5.74, 6) is -0.978. The van der Waals surface area contributed by atoms with E-state index >= 15 is 0 Å². The lowest BCUT2D eigenvalue weighted by molar-refractivity contribution is -0.384. The zero-order chi connectivity index (χ0) is 15.0. The fourth-order valence-corrected chi connectivity index (χ4v) is 1.69. The van der Waals surface area contributed by atoms with Crippen LogP contribution in [0.15, 0.2) is 27.9 Å². The van der Waals surface area contributed by atoms with E-state index in [2.05, 4.69) is 5.10 Å². The highest BCUT2D eigenvalue weighted by molar-refractivity contribution is 6.32. The Bertz CT molecular complexity index is 829. The van der Waals surface area contributed by atoms with Crippen LogP contribution in [0.5, 0.6) is 0 Å². The third-order valence-electron chi connectivity index (χ3n) is 2.52. The zero-order valence-electron chi connectivity index (χ0n) is 9.91. The summed E-state index contributed by atoms with van der Waals surface area (Å²) in [6, 6.07) is 1.48. The fraction of sp³-hybridized carbons (Fsp3) is 0.100. The van der Waals surface area contributed by atoms with Crippen LogP contribution in [0.25, 0.3) is 5.69 Å². The third kappa shape index (κ3) is 2.18. The van der Waals surface area contributed by atoms with Gasteiger partial charge in [-0.1, -0.05) is 11.6 Å². The average molecular weight is 301 g/mol. The number of nitro groups is 1. The van der Waals surface area contributed by atoms with Crippen LogP contribution < -0.4 is 11.2 Å². The van der Waals surface area contributed by atoms with Crippen molar-refractivity contribution < 1.29 is 9.31 Å². The van der Waals surface area contributed by atoms with E-state index in [0.29, 0.717) is 15.3 Å². The number of hydrogen-bond acceptors (Lipinski definition) is 5. The molecule has 0 aliphatic heterocycles. The van der Waals surface area contributed by atoms with Crippen LogP contribution in [-0.4, -0.2) is 19.3 Å². The molecule has 2 rings (SSSR count). The van der Waals surface area contributed by atoms with Crippen molar-refractivity contribution in [2.24, 2.45) is 7.05 Å². The predicted molar refractivity (Wildman–Crippen MR) is 66.7 cm³/mol. The summed E-state index contributed by atoms with van der Waals surface area (Å²) in [5, 5.41) is 13.8. The van der Waals surface area contributed by atoms with Crippen molar-refractivity contribution >= 4 is 17.3 Å². The molecule has 0 N–H and O–H groups in total. The number of halogens is 2. The monoisotopic (exact) mass is 300 g/mol. The molecule has 0 saturated carbocycles. The Morgan fingerprint density at radius 1 is 1.40 bits per heavy atom. The number of hydrogen-bond donors (Lipinski definition) is 0. The second kappa shape index (κ2) is 4.85. The Morgan fingerprint density at radius 3 is 2.65 bits per heavy atom. The number of nitrogens with zero attached hydrogens (tertiary/aromatic N) is 4. The van der Waals surface area contributed by atoms with E-state index in [1.807, 2.05) is 0 Å². The van der Waals surface area contributed by atoms with Crippen molar-refractivity contribution in [3.8, 4) is 5.69 Å². The van der Waals surface area contributed by atoms with E-state index < -0.39 is 38.4 Å². The van der Waals surface area contributed by atoms with Crippen LogP contribution in [0.3, 0.4) is 0 Å². The summed E-state index contributed by atoms with van der Waals surface area (Å²) in [6.45, 7) is 0. The Kier molecular flexibility index (Phi) is 3.36. The molecule has 0 aliphatic rings. The van der Waals surface area contributed by atoms with Gasteiger partial charge in [0.25, 0.3) is 11.2 Å². The molecular formula is C10H6ClFN4O4. The highest BCUT2D eigenvalue weighted by Gasteiger charge is 2.20. The summed E-state index contributed by atoms with van der Waals surface area (Å²) in [7, 11) is 1.17. The first-order valence-electron chi connectivity index (χ1n) is 5.12. The normalized spacial score (nSPS) is 10.6. The van der Waals surface area contributed by atoms with Gasteiger partial charge < -0.3 is 0 Å². The Morgan fingerprint density at radius 2 is 2.05 bits per heavy atom. The first kappa shape index (κ1) is 13.9. The maximum atomic E-state index is 13.8. The molecule has 8 nitrogen and oxygen atoms in total. The summed E-state index contributed by atoms with van der Waals surface area (Å²) < 4.78 is 15.0. The van der Waals surface area contributed by atoms with Gasteiger partial charge in [0.1, 0.15) is 16.9 Å². The highest BCUT2D eigenvalue weighted by Crippen LogP contribution is 2.28. The second-order valence-electron chi connectivity index (χ2n) is 3.75. The van der Waals surface area contributed by atoms with Crippen LogP contribution in [0, 0.1) is 15.9 Å². The van der Waals surface area contributed by atoms with Crippen LogP contribution in [0.4, 0.5) is 10.1 Å². The largest absolute Gasteiger partial charge is 0.352 e. The lowest BCUT2D eigenvalue weighted by atomic mass is 10.2. The molecule has 0 amide bonds. The van der Waals surface area contributed by atoms with Gasteiger partial charge in [-0.15, -0.1) is 0 Å². The molecule has 104 valence electrons. The SMILES string of the molecule is Cn1c(=O)cnn(-c2cc([N+](=O)[O-])c(Cl)cc2F)c1=O. The van der Waals surface area contributed by atoms with E-state index in [9.17, 15) is 24.1 Å². The van der Waals surface area contributed by atoms with Gasteiger partial charge >= 0.3 is 5.69 Å². The summed E-state index contributed by atoms with van der Waals surface area (Å²) >= 11 is 5.54. The minimum atomic E-state index is -0.978. The molecule has 1 aromatic carbocycles. The van der Waals surface area contributed by atoms with Crippen LogP contribution in [-0.2, 0) is 7.05 Å². The average Bonchev–Trinajstić information content (AvgIpc) is 2.37. The third-order valence-corrected chi connectivity index (χ3v) is 2.83. The molecule has 1 aromatic heterocycles. The topological polar surface area (TPSA) is 100 Å². The van der Waals surface area contributed by atoms with Crippen molar-refractivity contribution in [3.05, 3.63) is 60.1 Å². The number of rotatable bonds is 2. The van der Waals surface area contributed by atoms with Crippen molar-refractivity contribution in [2.45, 2.75) is 0 Å². The molecular weight excluding hydrogens is 295 g/mol. The second-order valence-corrected chi connectivity index (χ2v) is 4.16. The molecule has 0 unspecified atom stereocenters. The van der Waals surface area contributed by atoms with Crippen molar-refractivity contribution in [3.63, 3.8) is 0 Å². The van der Waals surface area contributed by atoms with Gasteiger partial charge in [0, 0.05) is 19.2 Å². The molecule has 0 radical (unpaired) electrons. The van der Waals surface area contributed by atoms with E-state index in [1.165, 1.54) is 7.05 Å². The Hall–Kier alpha value is -2.55. The lowest BCUT2D eigenvalue weighted by Gasteiger charge is -2.07. The number of nitro benzene ring substituents is 1. The quantitative estimate of drug-likeness (QED) is 0.598. The minimum Gasteiger partial charge on any atom is -0.267 e.